The third kappa shape index (κ3) is 1.53. The standard InChI is InChI=1S/C7H4BrF2/c8-6-4-2-1-3-5(6)7(9)10/h1-2,4,7H. The minimum atomic E-state index is -2.45. The highest BCUT2D eigenvalue weighted by Crippen LogP contribution is 2.25. The van der Waals surface area contributed by atoms with Gasteiger partial charge in [0.2, 0.25) is 0 Å². The van der Waals surface area contributed by atoms with E-state index < -0.39 is 6.43 Å². The molecule has 1 aromatic carbocycles. The van der Waals surface area contributed by atoms with Gasteiger partial charge in [0.15, 0.2) is 0 Å². The van der Waals surface area contributed by atoms with E-state index in [-0.39, 0.29) is 5.56 Å². The Labute approximate surface area is 66.0 Å². The lowest BCUT2D eigenvalue weighted by Gasteiger charge is -1.99. The van der Waals surface area contributed by atoms with E-state index in [1.54, 1.807) is 12.1 Å². The molecule has 0 heterocycles. The lowest BCUT2D eigenvalue weighted by molar-refractivity contribution is 0.150. The molecular weight excluding hydrogens is 202 g/mol. The lowest BCUT2D eigenvalue weighted by atomic mass is 10.2. The number of hydrogen-bond acceptors (Lipinski definition) is 0. The quantitative estimate of drug-likeness (QED) is 0.661. The molecule has 0 spiro atoms. The van der Waals surface area contributed by atoms with Gasteiger partial charge in [0, 0.05) is 10.0 Å². The highest BCUT2D eigenvalue weighted by atomic mass is 79.9. The average molecular weight is 206 g/mol. The van der Waals surface area contributed by atoms with Crippen LogP contribution in [0.25, 0.3) is 0 Å². The second-order valence-electron chi connectivity index (χ2n) is 1.73. The number of rotatable bonds is 1. The van der Waals surface area contributed by atoms with Gasteiger partial charge in [-0.05, 0) is 12.1 Å². The van der Waals surface area contributed by atoms with E-state index in [0.717, 1.165) is 0 Å². The topological polar surface area (TPSA) is 0 Å². The molecule has 0 aliphatic carbocycles. The summed E-state index contributed by atoms with van der Waals surface area (Å²) in [6, 6.07) is 7.12. The van der Waals surface area contributed by atoms with Crippen LogP contribution in [-0.4, -0.2) is 0 Å². The molecule has 0 amide bonds. The molecule has 1 rings (SSSR count). The Balaban J connectivity index is 3.03. The van der Waals surface area contributed by atoms with Crippen molar-refractivity contribution < 1.29 is 8.78 Å². The van der Waals surface area contributed by atoms with Crippen LogP contribution in [0, 0.1) is 6.07 Å². The molecule has 0 atom stereocenters. The van der Waals surface area contributed by atoms with Crippen molar-refractivity contribution in [3.8, 4) is 0 Å². The van der Waals surface area contributed by atoms with Crippen molar-refractivity contribution >= 4 is 15.9 Å². The molecule has 53 valence electrons. The first-order chi connectivity index (χ1) is 4.72. The molecular formula is C7H4BrF2. The first-order valence-corrected chi connectivity index (χ1v) is 3.45. The van der Waals surface area contributed by atoms with Crippen LogP contribution in [0.15, 0.2) is 22.7 Å². The Morgan fingerprint density at radius 3 is 2.60 bits per heavy atom. The fraction of sp³-hybridized carbons (Fsp3) is 0.143. The summed E-state index contributed by atoms with van der Waals surface area (Å²) in [5, 5.41) is 0. The van der Waals surface area contributed by atoms with Gasteiger partial charge in [-0.15, -0.1) is 0 Å². The van der Waals surface area contributed by atoms with Gasteiger partial charge in [0.25, 0.3) is 6.43 Å². The highest BCUT2D eigenvalue weighted by Gasteiger charge is 2.09. The molecule has 0 nitrogen and oxygen atoms in total. The van der Waals surface area contributed by atoms with Gasteiger partial charge in [0.05, 0.1) is 0 Å². The summed E-state index contributed by atoms with van der Waals surface area (Å²) in [4.78, 5) is 0. The van der Waals surface area contributed by atoms with Crippen LogP contribution in [0.1, 0.15) is 12.0 Å². The second-order valence-corrected chi connectivity index (χ2v) is 2.59. The SMILES string of the molecule is FC(F)c1[c]cccc1Br. The Hall–Kier alpha value is -0.440. The van der Waals surface area contributed by atoms with Crippen molar-refractivity contribution in [2.75, 3.05) is 0 Å². The minimum Gasteiger partial charge on any atom is -0.205 e. The normalized spacial score (nSPS) is 10.4. The fourth-order valence-corrected chi connectivity index (χ4v) is 1.04. The molecule has 3 heteroatoms. The van der Waals surface area contributed by atoms with Crippen molar-refractivity contribution in [2.24, 2.45) is 0 Å². The van der Waals surface area contributed by atoms with Crippen molar-refractivity contribution in [1.29, 1.82) is 0 Å². The van der Waals surface area contributed by atoms with Crippen LogP contribution in [-0.2, 0) is 0 Å². The van der Waals surface area contributed by atoms with E-state index in [4.69, 9.17) is 0 Å². The molecule has 0 aliphatic rings. The number of benzene rings is 1. The van der Waals surface area contributed by atoms with E-state index in [9.17, 15) is 8.78 Å². The fourth-order valence-electron chi connectivity index (χ4n) is 0.596. The molecule has 0 fully saturated rings. The molecule has 10 heavy (non-hydrogen) atoms. The molecule has 0 N–H and O–H groups in total. The molecule has 1 aromatic rings. The van der Waals surface area contributed by atoms with Gasteiger partial charge in [-0.25, -0.2) is 8.78 Å². The first-order valence-electron chi connectivity index (χ1n) is 2.66. The van der Waals surface area contributed by atoms with Gasteiger partial charge >= 0.3 is 0 Å². The lowest BCUT2D eigenvalue weighted by Crippen LogP contribution is -1.84. The summed E-state index contributed by atoms with van der Waals surface area (Å²) in [6.45, 7) is 0. The minimum absolute atomic E-state index is 0.0810. The Bertz CT molecular complexity index is 223. The first kappa shape index (κ1) is 7.66. The summed E-state index contributed by atoms with van der Waals surface area (Å²) < 4.78 is 24.3. The van der Waals surface area contributed by atoms with Crippen LogP contribution in [0.2, 0.25) is 0 Å². The van der Waals surface area contributed by atoms with Crippen LogP contribution in [0.4, 0.5) is 8.78 Å². The van der Waals surface area contributed by atoms with Crippen molar-refractivity contribution in [3.63, 3.8) is 0 Å². The van der Waals surface area contributed by atoms with Gasteiger partial charge in [-0.2, -0.15) is 0 Å². The average Bonchev–Trinajstić information content (AvgIpc) is 1.88. The third-order valence-electron chi connectivity index (χ3n) is 1.05. The molecule has 0 saturated heterocycles. The highest BCUT2D eigenvalue weighted by molar-refractivity contribution is 9.10. The second kappa shape index (κ2) is 3.10. The molecule has 0 aliphatic heterocycles. The van der Waals surface area contributed by atoms with E-state index in [1.165, 1.54) is 6.07 Å². The van der Waals surface area contributed by atoms with Crippen molar-refractivity contribution in [3.05, 3.63) is 34.3 Å². The predicted molar refractivity (Wildman–Crippen MR) is 37.9 cm³/mol. The summed E-state index contributed by atoms with van der Waals surface area (Å²) in [7, 11) is 0. The van der Waals surface area contributed by atoms with Gasteiger partial charge in [0.1, 0.15) is 0 Å². The maximum Gasteiger partial charge on any atom is 0.265 e. The van der Waals surface area contributed by atoms with Crippen molar-refractivity contribution in [2.45, 2.75) is 6.43 Å². The summed E-state index contributed by atoms with van der Waals surface area (Å²) in [6.07, 6.45) is -2.45. The van der Waals surface area contributed by atoms with Gasteiger partial charge in [-0.3, -0.25) is 0 Å². The summed E-state index contributed by atoms with van der Waals surface area (Å²) in [5.41, 5.74) is -0.0810. The van der Waals surface area contributed by atoms with E-state index in [0.29, 0.717) is 4.47 Å². The zero-order valence-electron chi connectivity index (χ0n) is 4.94. The van der Waals surface area contributed by atoms with E-state index in [2.05, 4.69) is 22.0 Å². The summed E-state index contributed by atoms with van der Waals surface area (Å²) >= 11 is 2.99. The maximum atomic E-state index is 12.0. The summed E-state index contributed by atoms with van der Waals surface area (Å²) in [5.74, 6) is 0. The van der Waals surface area contributed by atoms with Gasteiger partial charge in [-0.1, -0.05) is 28.1 Å². The van der Waals surface area contributed by atoms with Crippen LogP contribution in [0.3, 0.4) is 0 Å². The number of halogens is 3. The monoisotopic (exact) mass is 205 g/mol. The molecule has 0 unspecified atom stereocenters. The van der Waals surface area contributed by atoms with Crippen molar-refractivity contribution in [1.82, 2.24) is 0 Å². The van der Waals surface area contributed by atoms with Crippen LogP contribution < -0.4 is 0 Å². The third-order valence-corrected chi connectivity index (χ3v) is 1.74. The molecule has 0 aromatic heterocycles. The van der Waals surface area contributed by atoms with E-state index >= 15 is 0 Å². The Kier molecular flexibility index (Phi) is 2.38. The smallest absolute Gasteiger partial charge is 0.205 e. The number of alkyl halides is 2. The molecule has 0 bridgehead atoms. The Morgan fingerprint density at radius 1 is 1.50 bits per heavy atom. The maximum absolute atomic E-state index is 12.0. The van der Waals surface area contributed by atoms with Gasteiger partial charge < -0.3 is 0 Å². The number of hydrogen-bond donors (Lipinski definition) is 0. The molecule has 1 radical (unpaired) electrons. The Morgan fingerprint density at radius 2 is 2.20 bits per heavy atom. The van der Waals surface area contributed by atoms with Crippen LogP contribution >= 0.6 is 15.9 Å². The molecule has 0 saturated carbocycles. The zero-order valence-corrected chi connectivity index (χ0v) is 6.53. The van der Waals surface area contributed by atoms with E-state index in [1.807, 2.05) is 0 Å². The largest absolute Gasteiger partial charge is 0.265 e. The van der Waals surface area contributed by atoms with Crippen LogP contribution in [0.5, 0.6) is 0 Å². The predicted octanol–water partition coefficient (Wildman–Crippen LogP) is 3.19. The zero-order chi connectivity index (χ0) is 7.56.